The highest BCUT2D eigenvalue weighted by Gasteiger charge is 2.26. The van der Waals surface area contributed by atoms with Crippen LogP contribution in [0.25, 0.3) is 17.0 Å². The number of rotatable bonds is 5. The van der Waals surface area contributed by atoms with Gasteiger partial charge in [0.15, 0.2) is 17.1 Å². The molecule has 0 spiro atoms. The SMILES string of the molecule is COc1c(C(=O)/C=C/c2ccc(C)cc2F)c(O)c(OC)c2occc12. The van der Waals surface area contributed by atoms with Gasteiger partial charge in [-0.05, 0) is 36.8 Å². The summed E-state index contributed by atoms with van der Waals surface area (Å²) in [5.74, 6) is -1.20. The molecule has 1 aromatic heterocycles. The summed E-state index contributed by atoms with van der Waals surface area (Å²) in [6.45, 7) is 1.77. The molecular weight excluding hydrogens is 339 g/mol. The zero-order chi connectivity index (χ0) is 18.8. The number of hydrogen-bond donors (Lipinski definition) is 1. The molecule has 0 bridgehead atoms. The number of phenols is 1. The van der Waals surface area contributed by atoms with Crippen molar-refractivity contribution < 1.29 is 28.2 Å². The Bertz CT molecular complexity index is 1020. The van der Waals surface area contributed by atoms with Crippen LogP contribution in [-0.4, -0.2) is 25.1 Å². The molecule has 0 unspecified atom stereocenters. The molecule has 3 rings (SSSR count). The average molecular weight is 356 g/mol. The van der Waals surface area contributed by atoms with Crippen LogP contribution in [0.4, 0.5) is 4.39 Å². The molecule has 0 amide bonds. The van der Waals surface area contributed by atoms with E-state index in [0.717, 1.165) is 5.56 Å². The number of phenolic OH excluding ortho intramolecular Hbond substituents is 1. The first-order chi connectivity index (χ1) is 12.5. The molecule has 1 N–H and O–H groups in total. The van der Waals surface area contributed by atoms with Crippen molar-refractivity contribution in [3.05, 3.63) is 59.1 Å². The van der Waals surface area contributed by atoms with Gasteiger partial charge in [0, 0.05) is 5.56 Å². The lowest BCUT2D eigenvalue weighted by molar-refractivity contribution is 0.104. The molecule has 1 heterocycles. The number of hydrogen-bond acceptors (Lipinski definition) is 5. The van der Waals surface area contributed by atoms with Crippen LogP contribution in [0.2, 0.25) is 0 Å². The van der Waals surface area contributed by atoms with E-state index in [0.29, 0.717) is 5.39 Å². The van der Waals surface area contributed by atoms with Gasteiger partial charge in [0.05, 0.1) is 25.9 Å². The van der Waals surface area contributed by atoms with Crippen molar-refractivity contribution in [3.63, 3.8) is 0 Å². The summed E-state index contributed by atoms with van der Waals surface area (Å²) < 4.78 is 29.7. The fourth-order valence-electron chi connectivity index (χ4n) is 2.77. The molecule has 5 nitrogen and oxygen atoms in total. The van der Waals surface area contributed by atoms with Crippen LogP contribution in [-0.2, 0) is 0 Å². The van der Waals surface area contributed by atoms with Gasteiger partial charge < -0.3 is 19.0 Å². The Morgan fingerprint density at radius 2 is 1.92 bits per heavy atom. The van der Waals surface area contributed by atoms with E-state index in [2.05, 4.69) is 0 Å². The summed E-state index contributed by atoms with van der Waals surface area (Å²) in [6.07, 6.45) is 3.93. The van der Waals surface area contributed by atoms with E-state index in [-0.39, 0.29) is 28.2 Å². The molecule has 0 aliphatic heterocycles. The third kappa shape index (κ3) is 2.90. The van der Waals surface area contributed by atoms with Crippen LogP contribution < -0.4 is 9.47 Å². The Kier molecular flexibility index (Phi) is 4.67. The number of aryl methyl sites for hydroxylation is 1. The molecule has 0 atom stereocenters. The van der Waals surface area contributed by atoms with Gasteiger partial charge in [0.2, 0.25) is 5.75 Å². The molecule has 0 aliphatic carbocycles. The van der Waals surface area contributed by atoms with Crippen LogP contribution in [0.3, 0.4) is 0 Å². The number of carbonyl (C=O) groups excluding carboxylic acids is 1. The van der Waals surface area contributed by atoms with E-state index in [4.69, 9.17) is 13.9 Å². The van der Waals surface area contributed by atoms with Crippen LogP contribution in [0.1, 0.15) is 21.5 Å². The maximum absolute atomic E-state index is 13.9. The maximum Gasteiger partial charge on any atom is 0.205 e. The molecule has 0 fully saturated rings. The molecule has 3 aromatic rings. The van der Waals surface area contributed by atoms with E-state index < -0.39 is 17.3 Å². The molecule has 0 saturated carbocycles. The van der Waals surface area contributed by atoms with Crippen molar-refractivity contribution in [3.8, 4) is 17.2 Å². The van der Waals surface area contributed by atoms with Gasteiger partial charge >= 0.3 is 0 Å². The molecule has 2 aromatic carbocycles. The second kappa shape index (κ2) is 6.92. The lowest BCUT2D eigenvalue weighted by atomic mass is 10.0. The summed E-state index contributed by atoms with van der Waals surface area (Å²) in [4.78, 5) is 12.7. The van der Waals surface area contributed by atoms with Gasteiger partial charge in [-0.1, -0.05) is 12.1 Å². The second-order valence-electron chi connectivity index (χ2n) is 5.68. The highest BCUT2D eigenvalue weighted by atomic mass is 19.1. The minimum atomic E-state index is -0.555. The highest BCUT2D eigenvalue weighted by Crippen LogP contribution is 2.45. The minimum absolute atomic E-state index is 0.0315. The standard InChI is InChI=1S/C20H17FO5/c1-11-4-5-12(14(21)10-11)6-7-15(22)16-17(23)20(25-3)19-13(8-9-26-19)18(16)24-2/h4-10,23H,1-3H3/b7-6+. The minimum Gasteiger partial charge on any atom is -0.504 e. The number of aromatic hydroxyl groups is 1. The largest absolute Gasteiger partial charge is 0.504 e. The Hall–Kier alpha value is -3.28. The highest BCUT2D eigenvalue weighted by molar-refractivity contribution is 6.15. The number of ketones is 1. The van der Waals surface area contributed by atoms with Crippen molar-refractivity contribution in [2.45, 2.75) is 6.92 Å². The number of carbonyl (C=O) groups is 1. The Morgan fingerprint density at radius 3 is 2.58 bits per heavy atom. The normalized spacial score (nSPS) is 11.2. The molecule has 6 heteroatoms. The van der Waals surface area contributed by atoms with Crippen LogP contribution in [0.15, 0.2) is 41.0 Å². The Labute approximate surface area is 149 Å². The zero-order valence-electron chi connectivity index (χ0n) is 14.5. The fraction of sp³-hybridized carbons (Fsp3) is 0.150. The van der Waals surface area contributed by atoms with Gasteiger partial charge in [-0.3, -0.25) is 4.79 Å². The molecule has 26 heavy (non-hydrogen) atoms. The Morgan fingerprint density at radius 1 is 1.19 bits per heavy atom. The van der Waals surface area contributed by atoms with Gasteiger partial charge in [-0.25, -0.2) is 4.39 Å². The van der Waals surface area contributed by atoms with Crippen molar-refractivity contribution in [2.75, 3.05) is 14.2 Å². The van der Waals surface area contributed by atoms with Gasteiger partial charge in [-0.15, -0.1) is 0 Å². The lowest BCUT2D eigenvalue weighted by Gasteiger charge is -2.13. The number of methoxy groups -OCH3 is 2. The summed E-state index contributed by atoms with van der Waals surface area (Å²) in [5.41, 5.74) is 1.23. The molecule has 0 radical (unpaired) electrons. The van der Waals surface area contributed by atoms with E-state index in [1.54, 1.807) is 25.1 Å². The first-order valence-corrected chi connectivity index (χ1v) is 7.80. The van der Waals surface area contributed by atoms with E-state index in [9.17, 15) is 14.3 Å². The predicted octanol–water partition coefficient (Wildman–Crippen LogP) is 4.50. The van der Waals surface area contributed by atoms with Crippen LogP contribution >= 0.6 is 0 Å². The third-order valence-electron chi connectivity index (χ3n) is 4.02. The smallest absolute Gasteiger partial charge is 0.205 e. The van der Waals surface area contributed by atoms with E-state index in [1.807, 2.05) is 0 Å². The number of furan rings is 1. The number of ether oxygens (including phenoxy) is 2. The van der Waals surface area contributed by atoms with Crippen LogP contribution in [0, 0.1) is 12.7 Å². The number of halogens is 1. The third-order valence-corrected chi connectivity index (χ3v) is 4.02. The van der Waals surface area contributed by atoms with Crippen molar-refractivity contribution in [1.29, 1.82) is 0 Å². The van der Waals surface area contributed by atoms with Crippen LogP contribution in [0.5, 0.6) is 17.2 Å². The summed E-state index contributed by atoms with van der Waals surface area (Å²) >= 11 is 0. The summed E-state index contributed by atoms with van der Waals surface area (Å²) in [7, 11) is 2.74. The van der Waals surface area contributed by atoms with E-state index >= 15 is 0 Å². The van der Waals surface area contributed by atoms with Gasteiger partial charge in [0.25, 0.3) is 0 Å². The predicted molar refractivity (Wildman–Crippen MR) is 95.5 cm³/mol. The molecule has 0 aliphatic rings. The zero-order valence-corrected chi connectivity index (χ0v) is 14.5. The quantitative estimate of drug-likeness (QED) is 0.538. The van der Waals surface area contributed by atoms with Gasteiger partial charge in [-0.2, -0.15) is 0 Å². The second-order valence-corrected chi connectivity index (χ2v) is 5.68. The molecule has 134 valence electrons. The Balaban J connectivity index is 2.10. The summed E-state index contributed by atoms with van der Waals surface area (Å²) in [6, 6.07) is 6.30. The first kappa shape index (κ1) is 17.5. The van der Waals surface area contributed by atoms with E-state index in [1.165, 1.54) is 38.7 Å². The van der Waals surface area contributed by atoms with Crippen molar-refractivity contribution >= 4 is 22.8 Å². The first-order valence-electron chi connectivity index (χ1n) is 7.80. The summed E-state index contributed by atoms with van der Waals surface area (Å²) in [5, 5.41) is 11.0. The number of benzene rings is 2. The maximum atomic E-state index is 13.9. The fourth-order valence-corrected chi connectivity index (χ4v) is 2.77. The molecular formula is C20H17FO5. The van der Waals surface area contributed by atoms with Crippen molar-refractivity contribution in [1.82, 2.24) is 0 Å². The monoisotopic (exact) mass is 356 g/mol. The van der Waals surface area contributed by atoms with Gasteiger partial charge in [0.1, 0.15) is 17.1 Å². The van der Waals surface area contributed by atoms with Crippen molar-refractivity contribution in [2.24, 2.45) is 0 Å². The topological polar surface area (TPSA) is 68.9 Å². The number of fused-ring (bicyclic) bond motifs is 1. The molecule has 0 saturated heterocycles. The number of allylic oxidation sites excluding steroid dienone is 1. The average Bonchev–Trinajstić information content (AvgIpc) is 3.08. The lowest BCUT2D eigenvalue weighted by Crippen LogP contribution is -2.02.